The average molecular weight is 320 g/mol. The number of nitrogens with one attached hydrogen (secondary N) is 1. The van der Waals surface area contributed by atoms with Gasteiger partial charge in [-0.15, -0.1) is 0 Å². The Labute approximate surface area is 126 Å². The Bertz CT molecular complexity index is 447. The van der Waals surface area contributed by atoms with Crippen molar-refractivity contribution in [1.29, 1.82) is 0 Å². The summed E-state index contributed by atoms with van der Waals surface area (Å²) in [4.78, 5) is 19.2. The third-order valence-electron chi connectivity index (χ3n) is 3.97. The summed E-state index contributed by atoms with van der Waals surface area (Å²) in [5.41, 5.74) is 0. The molecular weight excluding hydrogens is 296 g/mol. The van der Waals surface area contributed by atoms with Crippen molar-refractivity contribution in [2.45, 2.75) is 51.6 Å². The summed E-state index contributed by atoms with van der Waals surface area (Å²) in [6.07, 6.45) is 5.18. The first-order valence-electron chi connectivity index (χ1n) is 7.62. The van der Waals surface area contributed by atoms with E-state index in [1.54, 1.807) is 6.92 Å². The first-order chi connectivity index (χ1) is 10.0. The lowest BCUT2D eigenvalue weighted by molar-refractivity contribution is -0.149. The third-order valence-corrected chi connectivity index (χ3v) is 5.28. The van der Waals surface area contributed by atoms with E-state index in [4.69, 9.17) is 9.57 Å². The number of carbonyl (C=O) groups is 1. The van der Waals surface area contributed by atoms with E-state index in [2.05, 4.69) is 4.89 Å². The lowest BCUT2D eigenvalue weighted by atomic mass is 10.0. The second-order valence-corrected chi connectivity index (χ2v) is 7.20. The van der Waals surface area contributed by atoms with E-state index in [0.717, 1.165) is 25.7 Å². The van der Waals surface area contributed by atoms with E-state index < -0.39 is 10.2 Å². The fraction of sp³-hybridized carbons (Fsp3) is 0.923. The maximum Gasteiger partial charge on any atom is 0.310 e. The molecule has 1 saturated carbocycles. The summed E-state index contributed by atoms with van der Waals surface area (Å²) in [6, 6.07) is 0. The monoisotopic (exact) mass is 320 g/mol. The second-order valence-electron chi connectivity index (χ2n) is 5.56. The summed E-state index contributed by atoms with van der Waals surface area (Å²) < 4.78 is 30.7. The zero-order valence-corrected chi connectivity index (χ0v) is 13.2. The van der Waals surface area contributed by atoms with Crippen molar-refractivity contribution in [3.63, 3.8) is 0 Å². The Balaban J connectivity index is 1.87. The van der Waals surface area contributed by atoms with Crippen molar-refractivity contribution < 1.29 is 22.8 Å². The van der Waals surface area contributed by atoms with Crippen LogP contribution in [0.1, 0.15) is 45.4 Å². The Kier molecular flexibility index (Phi) is 5.98. The lowest BCUT2D eigenvalue weighted by Crippen LogP contribution is -2.48. The van der Waals surface area contributed by atoms with Crippen molar-refractivity contribution in [3.8, 4) is 0 Å². The van der Waals surface area contributed by atoms with Crippen LogP contribution in [-0.2, 0) is 24.6 Å². The summed E-state index contributed by atoms with van der Waals surface area (Å²) in [5.74, 6) is -0.712. The van der Waals surface area contributed by atoms with E-state index >= 15 is 0 Å². The molecule has 2 rings (SSSR count). The van der Waals surface area contributed by atoms with Crippen LogP contribution in [0.2, 0.25) is 0 Å². The van der Waals surface area contributed by atoms with E-state index in [0.29, 0.717) is 26.0 Å². The predicted molar refractivity (Wildman–Crippen MR) is 76.3 cm³/mol. The van der Waals surface area contributed by atoms with Gasteiger partial charge in [0.05, 0.1) is 18.6 Å². The molecule has 2 fully saturated rings. The molecule has 7 nitrogen and oxygen atoms in total. The highest BCUT2D eigenvalue weighted by molar-refractivity contribution is 7.87. The quantitative estimate of drug-likeness (QED) is 0.582. The molecule has 1 heterocycles. The Hall–Kier alpha value is -0.700. The first-order valence-corrected chi connectivity index (χ1v) is 9.06. The molecule has 1 saturated heterocycles. The van der Waals surface area contributed by atoms with E-state index in [1.807, 2.05) is 0 Å². The molecule has 0 aromatic heterocycles. The molecule has 2 aliphatic rings. The topological polar surface area (TPSA) is 84.9 Å². The lowest BCUT2D eigenvalue weighted by Gasteiger charge is -2.30. The molecule has 0 aromatic rings. The van der Waals surface area contributed by atoms with Gasteiger partial charge in [0.1, 0.15) is 0 Å². The van der Waals surface area contributed by atoms with Crippen molar-refractivity contribution in [3.05, 3.63) is 0 Å². The number of esters is 1. The van der Waals surface area contributed by atoms with Crippen molar-refractivity contribution in [1.82, 2.24) is 9.19 Å². The number of hydrogen-bond donors (Lipinski definition) is 1. The van der Waals surface area contributed by atoms with Gasteiger partial charge in [0.15, 0.2) is 0 Å². The molecule has 0 aromatic carbocycles. The highest BCUT2D eigenvalue weighted by atomic mass is 32.2. The minimum Gasteiger partial charge on any atom is -0.466 e. The number of hydrogen-bond acceptors (Lipinski definition) is 5. The molecule has 0 radical (unpaired) electrons. The first kappa shape index (κ1) is 16.7. The maximum atomic E-state index is 12.2. The molecule has 1 atom stereocenters. The van der Waals surface area contributed by atoms with Gasteiger partial charge in [-0.05, 0) is 32.6 Å². The SMILES string of the molecule is CCOC(=O)C1CCCN(S(=O)(=O)NOC2CCCC2)C1. The molecule has 1 unspecified atom stereocenters. The van der Waals surface area contributed by atoms with Gasteiger partial charge in [0.25, 0.3) is 0 Å². The van der Waals surface area contributed by atoms with E-state index in [9.17, 15) is 13.2 Å². The molecule has 1 aliphatic carbocycles. The normalized spacial score (nSPS) is 25.1. The van der Waals surface area contributed by atoms with Crippen molar-refractivity contribution in [2.24, 2.45) is 5.92 Å². The summed E-state index contributed by atoms with van der Waals surface area (Å²) in [5, 5.41) is 0. The Morgan fingerprint density at radius 3 is 2.62 bits per heavy atom. The van der Waals surface area contributed by atoms with Crippen LogP contribution >= 0.6 is 0 Å². The fourth-order valence-corrected chi connectivity index (χ4v) is 3.91. The Morgan fingerprint density at radius 2 is 1.95 bits per heavy atom. The molecule has 0 bridgehead atoms. The molecule has 1 aliphatic heterocycles. The Morgan fingerprint density at radius 1 is 1.24 bits per heavy atom. The van der Waals surface area contributed by atoms with Gasteiger partial charge >= 0.3 is 16.2 Å². The number of carbonyl (C=O) groups excluding carboxylic acids is 1. The minimum atomic E-state index is -3.70. The number of ether oxygens (including phenoxy) is 1. The van der Waals surface area contributed by atoms with Crippen LogP contribution in [0.5, 0.6) is 0 Å². The predicted octanol–water partition coefficient (Wildman–Crippen LogP) is 0.970. The second kappa shape index (κ2) is 7.53. The summed E-state index contributed by atoms with van der Waals surface area (Å²) in [7, 11) is -3.70. The van der Waals surface area contributed by atoms with Crippen LogP contribution < -0.4 is 4.89 Å². The summed E-state index contributed by atoms with van der Waals surface area (Å²) in [6.45, 7) is 2.61. The van der Waals surface area contributed by atoms with Gasteiger partial charge in [0.2, 0.25) is 0 Å². The largest absolute Gasteiger partial charge is 0.466 e. The van der Waals surface area contributed by atoms with Gasteiger partial charge in [-0.25, -0.2) is 0 Å². The van der Waals surface area contributed by atoms with Crippen LogP contribution in [0.4, 0.5) is 0 Å². The van der Waals surface area contributed by atoms with Gasteiger partial charge in [-0.3, -0.25) is 9.63 Å². The molecule has 0 amide bonds. The van der Waals surface area contributed by atoms with Gasteiger partial charge in [-0.2, -0.15) is 12.7 Å². The molecule has 8 heteroatoms. The van der Waals surface area contributed by atoms with Crippen molar-refractivity contribution >= 4 is 16.2 Å². The third kappa shape index (κ3) is 4.64. The molecule has 21 heavy (non-hydrogen) atoms. The number of piperidine rings is 1. The molecule has 1 N–H and O–H groups in total. The highest BCUT2D eigenvalue weighted by Gasteiger charge is 2.33. The van der Waals surface area contributed by atoms with E-state index in [1.165, 1.54) is 4.31 Å². The average Bonchev–Trinajstić information content (AvgIpc) is 2.99. The summed E-state index contributed by atoms with van der Waals surface area (Å²) >= 11 is 0. The zero-order valence-electron chi connectivity index (χ0n) is 12.4. The van der Waals surface area contributed by atoms with Crippen LogP contribution in [-0.4, -0.2) is 44.5 Å². The molecule has 0 spiro atoms. The fourth-order valence-electron chi connectivity index (χ4n) is 2.80. The smallest absolute Gasteiger partial charge is 0.310 e. The van der Waals surface area contributed by atoms with Gasteiger partial charge in [-0.1, -0.05) is 17.7 Å². The minimum absolute atomic E-state index is 0.0366. The van der Waals surface area contributed by atoms with Gasteiger partial charge < -0.3 is 4.74 Å². The zero-order chi connectivity index (χ0) is 15.3. The molecular formula is C13H24N2O5S. The van der Waals surface area contributed by atoms with Crippen LogP contribution in [0.3, 0.4) is 0 Å². The maximum absolute atomic E-state index is 12.2. The van der Waals surface area contributed by atoms with Crippen LogP contribution in [0.15, 0.2) is 0 Å². The van der Waals surface area contributed by atoms with Crippen LogP contribution in [0, 0.1) is 5.92 Å². The number of nitrogens with zero attached hydrogens (tertiary/aromatic N) is 1. The van der Waals surface area contributed by atoms with Gasteiger partial charge in [0, 0.05) is 13.1 Å². The highest BCUT2D eigenvalue weighted by Crippen LogP contribution is 2.22. The number of rotatable bonds is 6. The van der Waals surface area contributed by atoms with Crippen LogP contribution in [0.25, 0.3) is 0 Å². The van der Waals surface area contributed by atoms with Crippen molar-refractivity contribution in [2.75, 3.05) is 19.7 Å². The standard InChI is InChI=1S/C13H24N2O5S/c1-2-19-13(16)11-6-5-9-15(10-11)21(17,18)14-20-12-7-3-4-8-12/h11-12,14H,2-10H2,1H3. The van der Waals surface area contributed by atoms with E-state index in [-0.39, 0.29) is 24.5 Å². The molecule has 122 valence electrons.